The van der Waals surface area contributed by atoms with Crippen LogP contribution in [0.5, 0.6) is 0 Å². The summed E-state index contributed by atoms with van der Waals surface area (Å²) in [6, 6.07) is 0. The third-order valence-corrected chi connectivity index (χ3v) is 3.96. The molecule has 18 heavy (non-hydrogen) atoms. The van der Waals surface area contributed by atoms with E-state index < -0.39 is 11.9 Å². The molecule has 8 heteroatoms. The lowest BCUT2D eigenvalue weighted by Crippen LogP contribution is -2.14. The van der Waals surface area contributed by atoms with E-state index in [0.717, 1.165) is 11.3 Å². The van der Waals surface area contributed by atoms with Crippen LogP contribution in [0.4, 0.5) is 5.69 Å². The van der Waals surface area contributed by atoms with Crippen molar-refractivity contribution in [2.45, 2.75) is 6.92 Å². The van der Waals surface area contributed by atoms with Crippen LogP contribution in [0, 0.1) is 6.92 Å². The number of hydrogen-bond donors (Lipinski definition) is 1. The number of hydrogen-bond acceptors (Lipinski definition) is 4. The van der Waals surface area contributed by atoms with Gasteiger partial charge >= 0.3 is 5.97 Å². The predicted octanol–water partition coefficient (Wildman–Crippen LogP) is 3.67. The number of methoxy groups -OCH3 is 1. The molecule has 0 radical (unpaired) electrons. The van der Waals surface area contributed by atoms with E-state index in [-0.39, 0.29) is 14.4 Å². The molecule has 0 aromatic carbocycles. The van der Waals surface area contributed by atoms with Gasteiger partial charge in [-0.3, -0.25) is 4.79 Å². The number of anilines is 1. The number of carbonyl (C=O) groups is 2. The molecule has 1 heterocycles. The first kappa shape index (κ1) is 15.3. The number of aryl methyl sites for hydroxylation is 1. The second-order valence-corrected chi connectivity index (χ2v) is 5.35. The second kappa shape index (κ2) is 6.43. The first-order valence-electron chi connectivity index (χ1n) is 4.57. The Labute approximate surface area is 122 Å². The van der Waals surface area contributed by atoms with E-state index in [4.69, 9.17) is 34.8 Å². The largest absolute Gasteiger partial charge is 0.465 e. The third-order valence-electron chi connectivity index (χ3n) is 1.95. The first-order valence-corrected chi connectivity index (χ1v) is 6.58. The number of esters is 1. The molecule has 1 rings (SSSR count). The van der Waals surface area contributed by atoms with Crippen molar-refractivity contribution in [3.63, 3.8) is 0 Å². The van der Waals surface area contributed by atoms with Gasteiger partial charge in [-0.15, -0.1) is 11.3 Å². The third kappa shape index (κ3) is 3.38. The summed E-state index contributed by atoms with van der Waals surface area (Å²) in [5, 5.41) is 3.83. The number of carbonyl (C=O) groups excluding carboxylic acids is 2. The van der Waals surface area contributed by atoms with Crippen LogP contribution >= 0.6 is 46.1 Å². The summed E-state index contributed by atoms with van der Waals surface area (Å²) >= 11 is 17.5. The van der Waals surface area contributed by atoms with Crippen LogP contribution in [0.25, 0.3) is 0 Å². The standard InChI is InChI=1S/C10H8Cl3NO3S/c1-4-3-18-7(10(16)17-2)6(4)14-9(15)5(11)8(12)13/h3H,1-2H3,(H,14,15). The Bertz CT molecular complexity index is 520. The van der Waals surface area contributed by atoms with Crippen LogP contribution in [0.2, 0.25) is 0 Å². The quantitative estimate of drug-likeness (QED) is 0.680. The fourth-order valence-corrected chi connectivity index (χ4v) is 2.24. The molecule has 0 saturated heterocycles. The van der Waals surface area contributed by atoms with Gasteiger partial charge in [0, 0.05) is 0 Å². The van der Waals surface area contributed by atoms with Gasteiger partial charge < -0.3 is 10.1 Å². The minimum Gasteiger partial charge on any atom is -0.465 e. The molecule has 0 unspecified atom stereocenters. The number of ether oxygens (including phenoxy) is 1. The van der Waals surface area contributed by atoms with Crippen molar-refractivity contribution in [2.75, 3.05) is 12.4 Å². The maximum atomic E-state index is 11.6. The summed E-state index contributed by atoms with van der Waals surface area (Å²) < 4.78 is 4.26. The number of rotatable bonds is 3. The molecule has 0 aliphatic carbocycles. The highest BCUT2D eigenvalue weighted by molar-refractivity contribution is 7.12. The maximum absolute atomic E-state index is 11.6. The molecule has 1 aromatic rings. The van der Waals surface area contributed by atoms with E-state index in [2.05, 4.69) is 10.1 Å². The SMILES string of the molecule is COC(=O)c1scc(C)c1NC(=O)C(Cl)=C(Cl)Cl. The summed E-state index contributed by atoms with van der Waals surface area (Å²) in [5.41, 5.74) is 1.05. The molecule has 98 valence electrons. The van der Waals surface area contributed by atoms with Crippen LogP contribution in [0.15, 0.2) is 14.9 Å². The molecule has 0 aliphatic heterocycles. The molecule has 1 amide bonds. The molecule has 0 aliphatic rings. The molecule has 0 saturated carbocycles. The number of thiophene rings is 1. The molecule has 1 N–H and O–H groups in total. The molecule has 4 nitrogen and oxygen atoms in total. The van der Waals surface area contributed by atoms with Crippen molar-refractivity contribution in [1.82, 2.24) is 0 Å². The Morgan fingerprint density at radius 1 is 1.33 bits per heavy atom. The van der Waals surface area contributed by atoms with Gasteiger partial charge in [0.1, 0.15) is 14.4 Å². The molecule has 0 atom stereocenters. The first-order chi connectivity index (χ1) is 8.38. The minimum absolute atomic E-state index is 0.276. The van der Waals surface area contributed by atoms with Crippen LogP contribution in [0.1, 0.15) is 15.2 Å². The molecular weight excluding hydrogens is 321 g/mol. The predicted molar refractivity (Wildman–Crippen MR) is 73.6 cm³/mol. The Balaban J connectivity index is 3.05. The van der Waals surface area contributed by atoms with Crippen molar-refractivity contribution >= 4 is 63.7 Å². The van der Waals surface area contributed by atoms with Crippen LogP contribution in [0.3, 0.4) is 0 Å². The maximum Gasteiger partial charge on any atom is 0.350 e. The Kier molecular flexibility index (Phi) is 5.47. The van der Waals surface area contributed by atoms with Crippen molar-refractivity contribution in [1.29, 1.82) is 0 Å². The van der Waals surface area contributed by atoms with Crippen molar-refractivity contribution in [2.24, 2.45) is 0 Å². The van der Waals surface area contributed by atoms with Gasteiger partial charge in [-0.25, -0.2) is 4.79 Å². The summed E-state index contributed by atoms with van der Waals surface area (Å²) in [7, 11) is 1.26. The smallest absolute Gasteiger partial charge is 0.350 e. The summed E-state index contributed by atoms with van der Waals surface area (Å²) in [6.07, 6.45) is 0. The highest BCUT2D eigenvalue weighted by Gasteiger charge is 2.20. The van der Waals surface area contributed by atoms with E-state index in [0.29, 0.717) is 11.3 Å². The highest BCUT2D eigenvalue weighted by atomic mass is 35.5. The van der Waals surface area contributed by atoms with Gasteiger partial charge in [0.2, 0.25) is 0 Å². The fourth-order valence-electron chi connectivity index (χ4n) is 1.10. The van der Waals surface area contributed by atoms with Crippen LogP contribution in [-0.4, -0.2) is 19.0 Å². The van der Waals surface area contributed by atoms with Crippen molar-refractivity contribution < 1.29 is 14.3 Å². The topological polar surface area (TPSA) is 55.4 Å². The monoisotopic (exact) mass is 327 g/mol. The van der Waals surface area contributed by atoms with E-state index in [9.17, 15) is 9.59 Å². The lowest BCUT2D eigenvalue weighted by atomic mass is 10.2. The van der Waals surface area contributed by atoms with Crippen LogP contribution in [-0.2, 0) is 9.53 Å². The highest BCUT2D eigenvalue weighted by Crippen LogP contribution is 2.29. The van der Waals surface area contributed by atoms with E-state index in [1.165, 1.54) is 7.11 Å². The summed E-state index contributed by atoms with van der Waals surface area (Å²) in [6.45, 7) is 1.73. The molecule has 1 aromatic heterocycles. The zero-order valence-corrected chi connectivity index (χ0v) is 12.4. The van der Waals surface area contributed by atoms with Gasteiger partial charge in [0.15, 0.2) is 0 Å². The number of halogens is 3. The van der Waals surface area contributed by atoms with Gasteiger partial charge in [0.25, 0.3) is 5.91 Å². The molecular formula is C10H8Cl3NO3S. The Morgan fingerprint density at radius 2 is 1.94 bits per heavy atom. The van der Waals surface area contributed by atoms with Gasteiger partial charge in [0.05, 0.1) is 12.8 Å². The van der Waals surface area contributed by atoms with E-state index in [1.54, 1.807) is 12.3 Å². The Hall–Kier alpha value is -0.750. The van der Waals surface area contributed by atoms with Gasteiger partial charge in [-0.05, 0) is 17.9 Å². The summed E-state index contributed by atoms with van der Waals surface area (Å²) in [4.78, 5) is 23.4. The summed E-state index contributed by atoms with van der Waals surface area (Å²) in [5.74, 6) is -1.23. The zero-order valence-electron chi connectivity index (χ0n) is 9.34. The number of nitrogens with one attached hydrogen (secondary N) is 1. The van der Waals surface area contributed by atoms with Gasteiger partial charge in [-0.1, -0.05) is 34.8 Å². The zero-order chi connectivity index (χ0) is 13.9. The molecule has 0 bridgehead atoms. The lowest BCUT2D eigenvalue weighted by molar-refractivity contribution is -0.112. The second-order valence-electron chi connectivity index (χ2n) is 3.14. The van der Waals surface area contributed by atoms with Crippen LogP contribution < -0.4 is 5.32 Å². The number of amides is 1. The lowest BCUT2D eigenvalue weighted by Gasteiger charge is -2.06. The normalized spacial score (nSPS) is 9.83. The average Bonchev–Trinajstić information content (AvgIpc) is 2.69. The van der Waals surface area contributed by atoms with E-state index in [1.807, 2.05) is 0 Å². The van der Waals surface area contributed by atoms with E-state index >= 15 is 0 Å². The van der Waals surface area contributed by atoms with Crippen molar-refractivity contribution in [3.8, 4) is 0 Å². The average molecular weight is 329 g/mol. The molecule has 0 fully saturated rings. The minimum atomic E-state index is -0.691. The Morgan fingerprint density at radius 3 is 2.44 bits per heavy atom. The fraction of sp³-hybridized carbons (Fsp3) is 0.200. The van der Waals surface area contributed by atoms with Gasteiger partial charge in [-0.2, -0.15) is 0 Å². The molecule has 0 spiro atoms. The van der Waals surface area contributed by atoms with Crippen molar-refractivity contribution in [3.05, 3.63) is 25.3 Å².